The lowest BCUT2D eigenvalue weighted by molar-refractivity contribution is 0.552. The van der Waals surface area contributed by atoms with Gasteiger partial charge in [0.05, 0.1) is 6.04 Å². The summed E-state index contributed by atoms with van der Waals surface area (Å²) >= 11 is 0. The lowest BCUT2D eigenvalue weighted by Gasteiger charge is -2.10. The lowest BCUT2D eigenvalue weighted by Crippen LogP contribution is -2.17. The van der Waals surface area contributed by atoms with Crippen LogP contribution in [0.15, 0.2) is 6.33 Å². The van der Waals surface area contributed by atoms with Gasteiger partial charge in [0.25, 0.3) is 0 Å². The number of nitrogens with zero attached hydrogens (tertiary/aromatic N) is 3. The molecule has 1 atom stereocenters. The molecule has 2 fully saturated rings. The van der Waals surface area contributed by atoms with Gasteiger partial charge in [-0.05, 0) is 32.2 Å². The first-order chi connectivity index (χ1) is 6.45. The van der Waals surface area contributed by atoms with Gasteiger partial charge in [-0.15, -0.1) is 10.2 Å². The fraction of sp³-hybridized carbons (Fsp3) is 0.778. The molecular formula is C9H14N4. The Labute approximate surface area is 77.4 Å². The molecule has 1 aromatic rings. The van der Waals surface area contributed by atoms with Crippen LogP contribution in [0.4, 0.5) is 0 Å². The Kier molecular flexibility index (Phi) is 1.62. The summed E-state index contributed by atoms with van der Waals surface area (Å²) in [5.74, 6) is 1.15. The highest BCUT2D eigenvalue weighted by Crippen LogP contribution is 2.37. The molecule has 1 unspecified atom stereocenters. The van der Waals surface area contributed by atoms with Crippen molar-refractivity contribution in [3.63, 3.8) is 0 Å². The van der Waals surface area contributed by atoms with E-state index in [0.29, 0.717) is 12.1 Å². The second-order valence-electron chi connectivity index (χ2n) is 3.98. The zero-order valence-corrected chi connectivity index (χ0v) is 7.61. The fourth-order valence-electron chi connectivity index (χ4n) is 2.04. The zero-order chi connectivity index (χ0) is 8.67. The Morgan fingerprint density at radius 3 is 3.00 bits per heavy atom. The summed E-state index contributed by atoms with van der Waals surface area (Å²) < 4.78 is 2.25. The normalized spacial score (nSPS) is 28.2. The number of hydrogen-bond donors (Lipinski definition) is 1. The Hall–Kier alpha value is -0.900. The van der Waals surface area contributed by atoms with Crippen molar-refractivity contribution in [2.24, 2.45) is 0 Å². The van der Waals surface area contributed by atoms with Crippen LogP contribution in [-0.2, 0) is 0 Å². The van der Waals surface area contributed by atoms with Gasteiger partial charge in [-0.2, -0.15) is 0 Å². The Balaban J connectivity index is 1.88. The fourth-order valence-corrected chi connectivity index (χ4v) is 2.04. The third-order valence-corrected chi connectivity index (χ3v) is 2.91. The van der Waals surface area contributed by atoms with Gasteiger partial charge in [-0.3, -0.25) is 0 Å². The van der Waals surface area contributed by atoms with Crippen LogP contribution >= 0.6 is 0 Å². The molecule has 70 valence electrons. The minimum Gasteiger partial charge on any atom is -0.313 e. The first-order valence-corrected chi connectivity index (χ1v) is 5.08. The van der Waals surface area contributed by atoms with Crippen molar-refractivity contribution in [3.05, 3.63) is 12.2 Å². The van der Waals surface area contributed by atoms with E-state index >= 15 is 0 Å². The summed E-state index contributed by atoms with van der Waals surface area (Å²) in [5, 5.41) is 11.7. The summed E-state index contributed by atoms with van der Waals surface area (Å²) in [6, 6.07) is 1.16. The standard InChI is InChI=1S/C9H14N4/c1-2-8(10-5-1)9-12-11-6-13(9)7-3-4-7/h6-8,10H,1-5H2. The van der Waals surface area contributed by atoms with Gasteiger partial charge >= 0.3 is 0 Å². The first-order valence-electron chi connectivity index (χ1n) is 5.08. The smallest absolute Gasteiger partial charge is 0.150 e. The van der Waals surface area contributed by atoms with Gasteiger partial charge in [0, 0.05) is 6.04 Å². The SMILES string of the molecule is c1nnc(C2CCCN2)n1C1CC1. The number of rotatable bonds is 2. The van der Waals surface area contributed by atoms with E-state index in [2.05, 4.69) is 20.1 Å². The predicted molar refractivity (Wildman–Crippen MR) is 48.3 cm³/mol. The predicted octanol–water partition coefficient (Wildman–Crippen LogP) is 1.04. The molecule has 1 N–H and O–H groups in total. The van der Waals surface area contributed by atoms with E-state index in [9.17, 15) is 0 Å². The molecule has 0 radical (unpaired) electrons. The van der Waals surface area contributed by atoms with Crippen LogP contribution in [0.25, 0.3) is 0 Å². The van der Waals surface area contributed by atoms with Crippen LogP contribution in [0.2, 0.25) is 0 Å². The van der Waals surface area contributed by atoms with Crippen LogP contribution in [0, 0.1) is 0 Å². The number of hydrogen-bond acceptors (Lipinski definition) is 3. The molecule has 1 saturated carbocycles. The Morgan fingerprint density at radius 2 is 2.31 bits per heavy atom. The minimum atomic E-state index is 0.461. The average Bonchev–Trinajstić information content (AvgIpc) is 2.72. The van der Waals surface area contributed by atoms with Gasteiger partial charge in [-0.25, -0.2) is 0 Å². The van der Waals surface area contributed by atoms with Gasteiger partial charge in [-0.1, -0.05) is 0 Å². The van der Waals surface area contributed by atoms with Crippen LogP contribution in [-0.4, -0.2) is 21.3 Å². The van der Waals surface area contributed by atoms with E-state index in [1.165, 1.54) is 25.7 Å². The quantitative estimate of drug-likeness (QED) is 0.735. The maximum absolute atomic E-state index is 4.21. The minimum absolute atomic E-state index is 0.461. The third kappa shape index (κ3) is 1.25. The summed E-state index contributed by atoms with van der Waals surface area (Å²) in [4.78, 5) is 0. The van der Waals surface area contributed by atoms with Crippen LogP contribution in [0.3, 0.4) is 0 Å². The summed E-state index contributed by atoms with van der Waals surface area (Å²) in [7, 11) is 0. The maximum atomic E-state index is 4.21. The molecule has 1 saturated heterocycles. The van der Waals surface area contributed by atoms with Gasteiger partial charge in [0.15, 0.2) is 0 Å². The molecule has 13 heavy (non-hydrogen) atoms. The van der Waals surface area contributed by atoms with E-state index in [4.69, 9.17) is 0 Å². The second-order valence-corrected chi connectivity index (χ2v) is 3.98. The number of nitrogens with one attached hydrogen (secondary N) is 1. The molecule has 2 aliphatic rings. The molecule has 4 nitrogen and oxygen atoms in total. The van der Waals surface area contributed by atoms with Gasteiger partial charge in [0.1, 0.15) is 12.2 Å². The van der Waals surface area contributed by atoms with Crippen molar-refractivity contribution in [3.8, 4) is 0 Å². The zero-order valence-electron chi connectivity index (χ0n) is 7.61. The summed E-state index contributed by atoms with van der Waals surface area (Å²) in [6.45, 7) is 1.13. The van der Waals surface area contributed by atoms with Gasteiger partial charge < -0.3 is 9.88 Å². The Bertz CT molecular complexity index is 296. The van der Waals surface area contributed by atoms with Crippen molar-refractivity contribution in [1.29, 1.82) is 0 Å². The van der Waals surface area contributed by atoms with E-state index in [1.54, 1.807) is 0 Å². The molecule has 0 spiro atoms. The molecular weight excluding hydrogens is 164 g/mol. The van der Waals surface area contributed by atoms with Crippen molar-refractivity contribution in [2.75, 3.05) is 6.54 Å². The van der Waals surface area contributed by atoms with Crippen molar-refractivity contribution in [1.82, 2.24) is 20.1 Å². The highest BCUT2D eigenvalue weighted by molar-refractivity contribution is 5.02. The molecule has 0 amide bonds. The third-order valence-electron chi connectivity index (χ3n) is 2.91. The average molecular weight is 178 g/mol. The van der Waals surface area contributed by atoms with Crippen LogP contribution in [0.5, 0.6) is 0 Å². The van der Waals surface area contributed by atoms with E-state index < -0.39 is 0 Å². The van der Waals surface area contributed by atoms with Crippen molar-refractivity contribution in [2.45, 2.75) is 37.8 Å². The lowest BCUT2D eigenvalue weighted by atomic mass is 10.2. The van der Waals surface area contributed by atoms with Crippen LogP contribution in [0.1, 0.15) is 43.6 Å². The highest BCUT2D eigenvalue weighted by Gasteiger charge is 2.29. The molecule has 1 aliphatic carbocycles. The monoisotopic (exact) mass is 178 g/mol. The molecule has 2 heterocycles. The van der Waals surface area contributed by atoms with Crippen molar-refractivity contribution >= 4 is 0 Å². The second kappa shape index (κ2) is 2.80. The molecule has 4 heteroatoms. The summed E-state index contributed by atoms with van der Waals surface area (Å²) in [6.07, 6.45) is 6.97. The maximum Gasteiger partial charge on any atom is 0.150 e. The van der Waals surface area contributed by atoms with Gasteiger partial charge in [0.2, 0.25) is 0 Å². The Morgan fingerprint density at radius 1 is 1.38 bits per heavy atom. The molecule has 3 rings (SSSR count). The topological polar surface area (TPSA) is 42.7 Å². The molecule has 1 aromatic heterocycles. The first kappa shape index (κ1) is 7.50. The highest BCUT2D eigenvalue weighted by atomic mass is 15.3. The molecule has 0 bridgehead atoms. The molecule has 0 aromatic carbocycles. The van der Waals surface area contributed by atoms with Crippen molar-refractivity contribution < 1.29 is 0 Å². The molecule has 1 aliphatic heterocycles. The number of aromatic nitrogens is 3. The largest absolute Gasteiger partial charge is 0.313 e. The van der Waals surface area contributed by atoms with E-state index in [1.807, 2.05) is 6.33 Å². The van der Waals surface area contributed by atoms with E-state index in [-0.39, 0.29) is 0 Å². The van der Waals surface area contributed by atoms with Crippen LogP contribution < -0.4 is 5.32 Å². The van der Waals surface area contributed by atoms with E-state index in [0.717, 1.165) is 12.4 Å². The summed E-state index contributed by atoms with van der Waals surface area (Å²) in [5.41, 5.74) is 0.